The number of halogens is 1. The van der Waals surface area contributed by atoms with E-state index >= 15 is 0 Å². The highest BCUT2D eigenvalue weighted by Crippen LogP contribution is 2.26. The summed E-state index contributed by atoms with van der Waals surface area (Å²) in [6.45, 7) is -0.831. The molecule has 15 heavy (non-hydrogen) atoms. The van der Waals surface area contributed by atoms with Gasteiger partial charge in [0.2, 0.25) is 6.86 Å². The van der Waals surface area contributed by atoms with Crippen molar-refractivity contribution in [3.63, 3.8) is 0 Å². The number of nitrogens with two attached hydrogens (primary N) is 1. The Morgan fingerprint density at radius 3 is 3.00 bits per heavy atom. The van der Waals surface area contributed by atoms with Gasteiger partial charge in [0.25, 0.3) is 0 Å². The molecule has 2 aromatic rings. The first-order valence-electron chi connectivity index (χ1n) is 4.30. The molecule has 0 aliphatic rings. The van der Waals surface area contributed by atoms with Crippen LogP contribution in [0.25, 0.3) is 11.3 Å². The van der Waals surface area contributed by atoms with E-state index in [1.54, 1.807) is 18.2 Å². The van der Waals surface area contributed by atoms with Crippen LogP contribution in [0, 0.1) is 0 Å². The number of aromatic nitrogens is 1. The third kappa shape index (κ3) is 2.24. The number of anilines is 1. The van der Waals surface area contributed by atoms with Crippen molar-refractivity contribution in [1.29, 1.82) is 0 Å². The van der Waals surface area contributed by atoms with Crippen molar-refractivity contribution in [1.82, 2.24) is 4.98 Å². The maximum absolute atomic E-state index is 12.0. The van der Waals surface area contributed by atoms with E-state index in [2.05, 4.69) is 4.98 Å². The van der Waals surface area contributed by atoms with Gasteiger partial charge >= 0.3 is 0 Å². The number of thiazole rings is 1. The summed E-state index contributed by atoms with van der Waals surface area (Å²) < 4.78 is 16.7. The predicted octanol–water partition coefficient (Wildman–Crippen LogP) is 2.70. The SMILES string of the molecule is Nc1nc(-c2cccc(OCF)c2)cs1. The Kier molecular flexibility index (Phi) is 2.82. The number of hydrogen-bond donors (Lipinski definition) is 1. The van der Waals surface area contributed by atoms with Gasteiger partial charge < -0.3 is 10.5 Å². The van der Waals surface area contributed by atoms with Gasteiger partial charge in [0.1, 0.15) is 5.75 Å². The zero-order valence-corrected chi connectivity index (χ0v) is 8.63. The quantitative estimate of drug-likeness (QED) is 0.872. The van der Waals surface area contributed by atoms with E-state index < -0.39 is 6.86 Å². The number of rotatable bonds is 3. The molecule has 0 radical (unpaired) electrons. The van der Waals surface area contributed by atoms with Gasteiger partial charge in [-0.15, -0.1) is 11.3 Å². The highest BCUT2D eigenvalue weighted by molar-refractivity contribution is 7.13. The van der Waals surface area contributed by atoms with E-state index in [1.807, 2.05) is 11.4 Å². The van der Waals surface area contributed by atoms with Gasteiger partial charge in [-0.25, -0.2) is 9.37 Å². The summed E-state index contributed by atoms with van der Waals surface area (Å²) in [4.78, 5) is 4.13. The molecule has 78 valence electrons. The van der Waals surface area contributed by atoms with Crippen molar-refractivity contribution < 1.29 is 9.13 Å². The van der Waals surface area contributed by atoms with Crippen molar-refractivity contribution >= 4 is 16.5 Å². The van der Waals surface area contributed by atoms with Gasteiger partial charge in [0.05, 0.1) is 5.69 Å². The molecule has 0 spiro atoms. The average Bonchev–Trinajstić information content (AvgIpc) is 2.66. The second-order valence-corrected chi connectivity index (χ2v) is 3.74. The Morgan fingerprint density at radius 1 is 1.47 bits per heavy atom. The number of alkyl halides is 1. The molecule has 5 heteroatoms. The number of benzene rings is 1. The van der Waals surface area contributed by atoms with Crippen molar-refractivity contribution in [3.05, 3.63) is 29.6 Å². The van der Waals surface area contributed by atoms with Crippen LogP contribution in [0.2, 0.25) is 0 Å². The number of nitrogen functional groups attached to an aromatic ring is 1. The average molecular weight is 224 g/mol. The predicted molar refractivity (Wildman–Crippen MR) is 58.6 cm³/mol. The minimum Gasteiger partial charge on any atom is -0.463 e. The molecular formula is C10H9FN2OS. The van der Waals surface area contributed by atoms with E-state index in [1.165, 1.54) is 11.3 Å². The van der Waals surface area contributed by atoms with Crippen molar-refractivity contribution in [2.75, 3.05) is 12.6 Å². The second-order valence-electron chi connectivity index (χ2n) is 2.85. The van der Waals surface area contributed by atoms with Crippen LogP contribution < -0.4 is 10.5 Å². The van der Waals surface area contributed by atoms with Gasteiger partial charge in [0.15, 0.2) is 5.13 Å². The lowest BCUT2D eigenvalue weighted by atomic mass is 10.2. The normalized spacial score (nSPS) is 10.2. The maximum Gasteiger partial charge on any atom is 0.228 e. The molecule has 0 atom stereocenters. The Labute approximate surface area is 90.3 Å². The molecule has 0 unspecified atom stereocenters. The summed E-state index contributed by atoms with van der Waals surface area (Å²) in [7, 11) is 0. The minimum absolute atomic E-state index is 0.488. The summed E-state index contributed by atoms with van der Waals surface area (Å²) in [6.07, 6.45) is 0. The van der Waals surface area contributed by atoms with E-state index in [0.717, 1.165) is 11.3 Å². The molecule has 0 fully saturated rings. The number of hydrogen-bond acceptors (Lipinski definition) is 4. The van der Waals surface area contributed by atoms with Crippen LogP contribution >= 0.6 is 11.3 Å². The summed E-state index contributed by atoms with van der Waals surface area (Å²) in [5, 5.41) is 2.37. The zero-order chi connectivity index (χ0) is 10.7. The molecule has 0 aliphatic carbocycles. The van der Waals surface area contributed by atoms with Crippen LogP contribution in [0.15, 0.2) is 29.6 Å². The summed E-state index contributed by atoms with van der Waals surface area (Å²) >= 11 is 1.37. The monoisotopic (exact) mass is 224 g/mol. The van der Waals surface area contributed by atoms with Gasteiger partial charge in [-0.05, 0) is 12.1 Å². The lowest BCUT2D eigenvalue weighted by molar-refractivity contribution is 0.192. The van der Waals surface area contributed by atoms with Crippen LogP contribution in [0.1, 0.15) is 0 Å². The van der Waals surface area contributed by atoms with Crippen molar-refractivity contribution in [2.24, 2.45) is 0 Å². The van der Waals surface area contributed by atoms with Crippen LogP contribution in [0.5, 0.6) is 5.75 Å². The Balaban J connectivity index is 2.32. The highest BCUT2D eigenvalue weighted by atomic mass is 32.1. The number of ether oxygens (including phenoxy) is 1. The number of nitrogens with zero attached hydrogens (tertiary/aromatic N) is 1. The van der Waals surface area contributed by atoms with Crippen LogP contribution in [-0.2, 0) is 0 Å². The molecule has 0 bridgehead atoms. The molecule has 1 heterocycles. The standard InChI is InChI=1S/C10H9FN2OS/c11-6-14-8-3-1-2-7(4-8)9-5-15-10(12)13-9/h1-5H,6H2,(H2,12,13). The van der Waals surface area contributed by atoms with E-state index in [9.17, 15) is 4.39 Å². The molecule has 0 aliphatic heterocycles. The maximum atomic E-state index is 12.0. The Hall–Kier alpha value is -1.62. The molecular weight excluding hydrogens is 215 g/mol. The lowest BCUT2D eigenvalue weighted by Gasteiger charge is -2.02. The van der Waals surface area contributed by atoms with Crippen LogP contribution in [0.3, 0.4) is 0 Å². The zero-order valence-electron chi connectivity index (χ0n) is 7.81. The first-order chi connectivity index (χ1) is 7.29. The van der Waals surface area contributed by atoms with Gasteiger partial charge in [0, 0.05) is 10.9 Å². The largest absolute Gasteiger partial charge is 0.463 e. The van der Waals surface area contributed by atoms with E-state index in [0.29, 0.717) is 10.9 Å². The Bertz CT molecular complexity index is 458. The fourth-order valence-corrected chi connectivity index (χ4v) is 1.80. The fourth-order valence-electron chi connectivity index (χ4n) is 1.23. The van der Waals surface area contributed by atoms with Crippen molar-refractivity contribution in [2.45, 2.75) is 0 Å². The Morgan fingerprint density at radius 2 is 2.33 bits per heavy atom. The molecule has 0 amide bonds. The van der Waals surface area contributed by atoms with Crippen LogP contribution in [-0.4, -0.2) is 11.8 Å². The molecule has 0 saturated carbocycles. The lowest BCUT2D eigenvalue weighted by Crippen LogP contribution is -1.90. The summed E-state index contributed by atoms with van der Waals surface area (Å²) in [5.41, 5.74) is 7.18. The highest BCUT2D eigenvalue weighted by Gasteiger charge is 2.03. The third-order valence-corrected chi connectivity index (χ3v) is 2.55. The van der Waals surface area contributed by atoms with E-state index in [-0.39, 0.29) is 0 Å². The first-order valence-corrected chi connectivity index (χ1v) is 5.18. The summed E-state index contributed by atoms with van der Waals surface area (Å²) in [5.74, 6) is 0.488. The van der Waals surface area contributed by atoms with Crippen LogP contribution in [0.4, 0.5) is 9.52 Å². The first kappa shape index (κ1) is 9.92. The van der Waals surface area contributed by atoms with Gasteiger partial charge in [-0.2, -0.15) is 0 Å². The van der Waals surface area contributed by atoms with Gasteiger partial charge in [-0.1, -0.05) is 12.1 Å². The smallest absolute Gasteiger partial charge is 0.228 e. The molecule has 3 nitrogen and oxygen atoms in total. The topological polar surface area (TPSA) is 48.1 Å². The third-order valence-electron chi connectivity index (χ3n) is 1.87. The summed E-state index contributed by atoms with van der Waals surface area (Å²) in [6, 6.07) is 7.09. The fraction of sp³-hybridized carbons (Fsp3) is 0.100. The van der Waals surface area contributed by atoms with Crippen molar-refractivity contribution in [3.8, 4) is 17.0 Å². The molecule has 1 aromatic heterocycles. The van der Waals surface area contributed by atoms with E-state index in [4.69, 9.17) is 10.5 Å². The molecule has 0 saturated heterocycles. The molecule has 2 rings (SSSR count). The minimum atomic E-state index is -0.831. The van der Waals surface area contributed by atoms with Gasteiger partial charge in [-0.3, -0.25) is 0 Å². The molecule has 1 aromatic carbocycles. The molecule has 2 N–H and O–H groups in total. The second kappa shape index (κ2) is 4.27.